The van der Waals surface area contributed by atoms with Crippen LogP contribution in [-0.4, -0.2) is 5.78 Å². The molecule has 2 aromatic carbocycles. The molecule has 1 aliphatic rings. The second kappa shape index (κ2) is 5.62. The van der Waals surface area contributed by atoms with Gasteiger partial charge in [-0.2, -0.15) is 0 Å². The number of carbonyl (C=O) groups is 1. The van der Waals surface area contributed by atoms with E-state index in [2.05, 4.69) is 49.4 Å². The Bertz CT molecular complexity index is 610. The molecule has 0 heterocycles. The average Bonchev–Trinajstić information content (AvgIpc) is 2.92. The minimum atomic E-state index is 0.108. The quantitative estimate of drug-likeness (QED) is 0.813. The third-order valence-corrected chi connectivity index (χ3v) is 4.33. The van der Waals surface area contributed by atoms with E-state index in [1.165, 1.54) is 16.7 Å². The van der Waals surface area contributed by atoms with Gasteiger partial charge in [0, 0.05) is 12.3 Å². The van der Waals surface area contributed by atoms with Crippen LogP contribution < -0.4 is 0 Å². The first-order valence-corrected chi connectivity index (χ1v) is 7.46. The number of carbonyl (C=O) groups excluding carboxylic acids is 1. The van der Waals surface area contributed by atoms with Crippen LogP contribution in [0.2, 0.25) is 0 Å². The molecule has 1 nitrogen and oxygen atoms in total. The molecule has 0 aromatic heterocycles. The summed E-state index contributed by atoms with van der Waals surface area (Å²) in [5, 5.41) is 0. The predicted octanol–water partition coefficient (Wildman–Crippen LogP) is 4.09. The molecule has 0 fully saturated rings. The van der Waals surface area contributed by atoms with Gasteiger partial charge in [0.25, 0.3) is 0 Å². The van der Waals surface area contributed by atoms with E-state index in [1.807, 2.05) is 6.07 Å². The Kier molecular flexibility index (Phi) is 3.68. The van der Waals surface area contributed by atoms with Crippen molar-refractivity contribution in [3.63, 3.8) is 0 Å². The lowest BCUT2D eigenvalue weighted by Crippen LogP contribution is -2.12. The van der Waals surface area contributed by atoms with Crippen molar-refractivity contribution in [1.82, 2.24) is 0 Å². The molecule has 1 heteroatoms. The molecule has 1 aliphatic carbocycles. The zero-order valence-electron chi connectivity index (χ0n) is 11.9. The lowest BCUT2D eigenvalue weighted by Gasteiger charge is -2.10. The number of benzene rings is 2. The third kappa shape index (κ3) is 2.53. The summed E-state index contributed by atoms with van der Waals surface area (Å²) in [5.74, 6) is 0.469. The standard InChI is InChI=1S/C19H20O/c1-2-14-7-9-15(10-8-14)13-19(20)18-12-11-16-5-3-4-6-17(16)18/h3-10,18H,2,11-13H2,1H3. The van der Waals surface area contributed by atoms with E-state index < -0.39 is 0 Å². The number of fused-ring (bicyclic) bond motifs is 1. The molecule has 2 aromatic rings. The van der Waals surface area contributed by atoms with E-state index in [-0.39, 0.29) is 5.92 Å². The fraction of sp³-hybridized carbons (Fsp3) is 0.316. The van der Waals surface area contributed by atoms with Gasteiger partial charge in [-0.25, -0.2) is 0 Å². The van der Waals surface area contributed by atoms with Gasteiger partial charge in [-0.1, -0.05) is 55.5 Å². The Morgan fingerprint density at radius 1 is 1.05 bits per heavy atom. The Morgan fingerprint density at radius 2 is 1.75 bits per heavy atom. The van der Waals surface area contributed by atoms with Crippen molar-refractivity contribution in [3.05, 3.63) is 70.8 Å². The first-order chi connectivity index (χ1) is 9.78. The molecular weight excluding hydrogens is 244 g/mol. The summed E-state index contributed by atoms with van der Waals surface area (Å²) in [7, 11) is 0. The molecule has 1 atom stereocenters. The maximum Gasteiger partial charge on any atom is 0.144 e. The summed E-state index contributed by atoms with van der Waals surface area (Å²) in [6, 6.07) is 16.8. The highest BCUT2D eigenvalue weighted by molar-refractivity contribution is 5.88. The van der Waals surface area contributed by atoms with Crippen molar-refractivity contribution in [2.24, 2.45) is 0 Å². The van der Waals surface area contributed by atoms with Crippen molar-refractivity contribution in [3.8, 4) is 0 Å². The zero-order valence-corrected chi connectivity index (χ0v) is 11.9. The number of aryl methyl sites for hydroxylation is 2. The first kappa shape index (κ1) is 13.1. The van der Waals surface area contributed by atoms with Crippen LogP contribution in [0.1, 0.15) is 41.5 Å². The smallest absolute Gasteiger partial charge is 0.144 e. The molecule has 20 heavy (non-hydrogen) atoms. The van der Waals surface area contributed by atoms with E-state index in [9.17, 15) is 4.79 Å². The second-order valence-corrected chi connectivity index (χ2v) is 5.60. The molecule has 0 saturated heterocycles. The second-order valence-electron chi connectivity index (χ2n) is 5.60. The molecule has 0 amide bonds. The van der Waals surface area contributed by atoms with Crippen molar-refractivity contribution in [2.45, 2.75) is 38.5 Å². The predicted molar refractivity (Wildman–Crippen MR) is 82.0 cm³/mol. The van der Waals surface area contributed by atoms with Crippen molar-refractivity contribution < 1.29 is 4.79 Å². The van der Waals surface area contributed by atoms with Crippen LogP contribution >= 0.6 is 0 Å². The van der Waals surface area contributed by atoms with Crippen LogP contribution in [-0.2, 0) is 24.1 Å². The maximum absolute atomic E-state index is 12.5. The maximum atomic E-state index is 12.5. The monoisotopic (exact) mass is 264 g/mol. The van der Waals surface area contributed by atoms with E-state index in [1.54, 1.807) is 0 Å². The van der Waals surface area contributed by atoms with Gasteiger partial charge in [-0.15, -0.1) is 0 Å². The van der Waals surface area contributed by atoms with Crippen LogP contribution in [0, 0.1) is 0 Å². The minimum Gasteiger partial charge on any atom is -0.299 e. The Balaban J connectivity index is 1.74. The van der Waals surface area contributed by atoms with E-state index >= 15 is 0 Å². The summed E-state index contributed by atoms with van der Waals surface area (Å²) < 4.78 is 0. The third-order valence-electron chi connectivity index (χ3n) is 4.33. The Labute approximate surface area is 120 Å². The van der Waals surface area contributed by atoms with Gasteiger partial charge in [0.15, 0.2) is 0 Å². The first-order valence-electron chi connectivity index (χ1n) is 7.46. The number of rotatable bonds is 4. The summed E-state index contributed by atoms with van der Waals surface area (Å²) in [4.78, 5) is 12.5. The van der Waals surface area contributed by atoms with Gasteiger partial charge in [-0.3, -0.25) is 4.79 Å². The fourth-order valence-electron chi connectivity index (χ4n) is 3.11. The molecule has 3 rings (SSSR count). The van der Waals surface area contributed by atoms with E-state index in [0.29, 0.717) is 12.2 Å². The number of ketones is 1. The van der Waals surface area contributed by atoms with E-state index in [4.69, 9.17) is 0 Å². The van der Waals surface area contributed by atoms with Gasteiger partial charge >= 0.3 is 0 Å². The molecule has 1 unspecified atom stereocenters. The van der Waals surface area contributed by atoms with Crippen LogP contribution in [0.5, 0.6) is 0 Å². The van der Waals surface area contributed by atoms with Crippen molar-refractivity contribution in [1.29, 1.82) is 0 Å². The summed E-state index contributed by atoms with van der Waals surface area (Å²) in [6.45, 7) is 2.15. The molecule has 0 radical (unpaired) electrons. The molecule has 0 N–H and O–H groups in total. The van der Waals surface area contributed by atoms with Gasteiger partial charge in [-0.05, 0) is 41.5 Å². The van der Waals surface area contributed by atoms with Crippen LogP contribution in [0.15, 0.2) is 48.5 Å². The molecule has 0 spiro atoms. The van der Waals surface area contributed by atoms with Crippen LogP contribution in [0.25, 0.3) is 0 Å². The van der Waals surface area contributed by atoms with Crippen molar-refractivity contribution >= 4 is 5.78 Å². The van der Waals surface area contributed by atoms with Gasteiger partial charge in [0.05, 0.1) is 0 Å². The highest BCUT2D eigenvalue weighted by atomic mass is 16.1. The van der Waals surface area contributed by atoms with Crippen molar-refractivity contribution in [2.75, 3.05) is 0 Å². The molecular formula is C19H20O. The van der Waals surface area contributed by atoms with Crippen LogP contribution in [0.3, 0.4) is 0 Å². The zero-order chi connectivity index (χ0) is 13.9. The fourth-order valence-corrected chi connectivity index (χ4v) is 3.11. The lowest BCUT2D eigenvalue weighted by molar-refractivity contribution is -0.119. The number of Topliss-reactive ketones (excluding diaryl/α,β-unsaturated/α-hetero) is 1. The highest BCUT2D eigenvalue weighted by Crippen LogP contribution is 2.34. The molecule has 0 saturated carbocycles. The minimum absolute atomic E-state index is 0.108. The summed E-state index contributed by atoms with van der Waals surface area (Å²) >= 11 is 0. The molecule has 102 valence electrons. The SMILES string of the molecule is CCc1ccc(CC(=O)C2CCc3ccccc32)cc1. The summed E-state index contributed by atoms with van der Waals surface area (Å²) in [6.07, 6.45) is 3.62. The number of hydrogen-bond donors (Lipinski definition) is 0. The largest absolute Gasteiger partial charge is 0.299 e. The van der Waals surface area contributed by atoms with Gasteiger partial charge in [0.1, 0.15) is 5.78 Å². The Morgan fingerprint density at radius 3 is 2.50 bits per heavy atom. The van der Waals surface area contributed by atoms with E-state index in [0.717, 1.165) is 24.8 Å². The highest BCUT2D eigenvalue weighted by Gasteiger charge is 2.27. The molecule has 0 aliphatic heterocycles. The topological polar surface area (TPSA) is 17.1 Å². The van der Waals surface area contributed by atoms with Gasteiger partial charge in [0.2, 0.25) is 0 Å². The molecule has 0 bridgehead atoms. The Hall–Kier alpha value is -1.89. The lowest BCUT2D eigenvalue weighted by atomic mass is 9.92. The number of hydrogen-bond acceptors (Lipinski definition) is 1. The normalized spacial score (nSPS) is 16.9. The van der Waals surface area contributed by atoms with Crippen LogP contribution in [0.4, 0.5) is 0 Å². The summed E-state index contributed by atoms with van der Waals surface area (Å²) in [5.41, 5.74) is 5.07. The average molecular weight is 264 g/mol. The van der Waals surface area contributed by atoms with Gasteiger partial charge < -0.3 is 0 Å².